The Morgan fingerprint density at radius 3 is 2.39 bits per heavy atom. The summed E-state index contributed by atoms with van der Waals surface area (Å²) in [6, 6.07) is 5.89. The topological polar surface area (TPSA) is 69.6 Å². The fourth-order valence-corrected chi connectivity index (χ4v) is 1.95. The van der Waals surface area contributed by atoms with Gasteiger partial charge in [-0.05, 0) is 31.0 Å². The standard InChI is InChI=1S/C13H16N2O3/c1-3-9-4-6-10(7-5-9)15-12(17)11(8(2)16)14-13(15)18/h4-8,11,16H,3H2,1-2H3,(H,14,18). The number of carbonyl (C=O) groups is 2. The summed E-state index contributed by atoms with van der Waals surface area (Å²) in [5.74, 6) is -0.417. The van der Waals surface area contributed by atoms with E-state index in [1.807, 2.05) is 19.1 Å². The van der Waals surface area contributed by atoms with Gasteiger partial charge in [-0.25, -0.2) is 9.69 Å². The summed E-state index contributed by atoms with van der Waals surface area (Å²) in [5, 5.41) is 11.9. The molecule has 1 aliphatic rings. The SMILES string of the molecule is CCc1ccc(N2C(=O)NC(C(C)O)C2=O)cc1. The minimum absolute atomic E-state index is 0.417. The van der Waals surface area contributed by atoms with E-state index in [1.165, 1.54) is 6.92 Å². The van der Waals surface area contributed by atoms with E-state index in [-0.39, 0.29) is 0 Å². The maximum Gasteiger partial charge on any atom is 0.329 e. The molecule has 0 bridgehead atoms. The van der Waals surface area contributed by atoms with Gasteiger partial charge in [-0.2, -0.15) is 0 Å². The van der Waals surface area contributed by atoms with Crippen molar-refractivity contribution < 1.29 is 14.7 Å². The first-order chi connectivity index (χ1) is 8.54. The molecule has 5 heteroatoms. The van der Waals surface area contributed by atoms with E-state index >= 15 is 0 Å². The average Bonchev–Trinajstić information content (AvgIpc) is 2.65. The normalized spacial score (nSPS) is 21.1. The predicted octanol–water partition coefficient (Wildman–Crippen LogP) is 1.05. The molecule has 1 heterocycles. The van der Waals surface area contributed by atoms with Gasteiger partial charge in [0.1, 0.15) is 6.04 Å². The van der Waals surface area contributed by atoms with Crippen LogP contribution < -0.4 is 10.2 Å². The van der Waals surface area contributed by atoms with Gasteiger partial charge in [-0.1, -0.05) is 19.1 Å². The Morgan fingerprint density at radius 1 is 1.33 bits per heavy atom. The molecule has 2 N–H and O–H groups in total. The number of hydrogen-bond acceptors (Lipinski definition) is 3. The van der Waals surface area contributed by atoms with Crippen molar-refractivity contribution >= 4 is 17.6 Å². The van der Waals surface area contributed by atoms with Crippen LogP contribution in [0.25, 0.3) is 0 Å². The van der Waals surface area contributed by atoms with Crippen molar-refractivity contribution in [2.75, 3.05) is 4.90 Å². The Balaban J connectivity index is 2.27. The molecule has 18 heavy (non-hydrogen) atoms. The summed E-state index contributed by atoms with van der Waals surface area (Å²) in [6.45, 7) is 3.51. The molecule has 0 spiro atoms. The minimum Gasteiger partial charge on any atom is -0.391 e. The van der Waals surface area contributed by atoms with Gasteiger partial charge in [-0.3, -0.25) is 4.79 Å². The van der Waals surface area contributed by atoms with E-state index in [0.29, 0.717) is 5.69 Å². The summed E-state index contributed by atoms with van der Waals surface area (Å²) in [6.07, 6.45) is -0.00199. The van der Waals surface area contributed by atoms with Crippen molar-refractivity contribution in [3.05, 3.63) is 29.8 Å². The van der Waals surface area contributed by atoms with Crippen molar-refractivity contribution in [3.63, 3.8) is 0 Å². The fraction of sp³-hybridized carbons (Fsp3) is 0.385. The number of carbonyl (C=O) groups excluding carboxylic acids is 2. The highest BCUT2D eigenvalue weighted by Crippen LogP contribution is 2.21. The number of urea groups is 1. The maximum absolute atomic E-state index is 12.0. The number of hydrogen-bond donors (Lipinski definition) is 2. The lowest BCUT2D eigenvalue weighted by atomic mass is 10.1. The van der Waals surface area contributed by atoms with Crippen LogP contribution in [0.3, 0.4) is 0 Å². The number of benzene rings is 1. The molecule has 2 rings (SSSR count). The van der Waals surface area contributed by atoms with Crippen LogP contribution in [0, 0.1) is 0 Å². The molecule has 1 aromatic carbocycles. The van der Waals surface area contributed by atoms with Crippen molar-refractivity contribution in [2.24, 2.45) is 0 Å². The predicted molar refractivity (Wildman–Crippen MR) is 67.3 cm³/mol. The number of anilines is 1. The zero-order valence-electron chi connectivity index (χ0n) is 10.4. The van der Waals surface area contributed by atoms with E-state index in [1.54, 1.807) is 12.1 Å². The number of amides is 3. The van der Waals surface area contributed by atoms with Gasteiger partial charge in [-0.15, -0.1) is 0 Å². The van der Waals surface area contributed by atoms with E-state index in [2.05, 4.69) is 5.32 Å². The van der Waals surface area contributed by atoms with Crippen LogP contribution in [0.2, 0.25) is 0 Å². The Kier molecular flexibility index (Phi) is 3.34. The lowest BCUT2D eigenvalue weighted by molar-refractivity contribution is -0.120. The highest BCUT2D eigenvalue weighted by atomic mass is 16.3. The average molecular weight is 248 g/mol. The molecule has 0 saturated carbocycles. The van der Waals surface area contributed by atoms with Crippen molar-refractivity contribution in [1.82, 2.24) is 5.32 Å². The third kappa shape index (κ3) is 2.09. The highest BCUT2D eigenvalue weighted by molar-refractivity contribution is 6.21. The largest absolute Gasteiger partial charge is 0.391 e. The number of aliphatic hydroxyl groups is 1. The summed E-state index contributed by atoms with van der Waals surface area (Å²) < 4.78 is 0. The second-order valence-electron chi connectivity index (χ2n) is 4.36. The summed E-state index contributed by atoms with van der Waals surface area (Å²) in [5.41, 5.74) is 1.66. The fourth-order valence-electron chi connectivity index (χ4n) is 1.95. The molecule has 0 radical (unpaired) electrons. The molecule has 5 nitrogen and oxygen atoms in total. The Bertz CT molecular complexity index is 468. The summed E-state index contributed by atoms with van der Waals surface area (Å²) >= 11 is 0. The van der Waals surface area contributed by atoms with Gasteiger partial charge in [0.25, 0.3) is 5.91 Å². The zero-order valence-corrected chi connectivity index (χ0v) is 10.4. The number of aliphatic hydroxyl groups excluding tert-OH is 1. The number of nitrogens with zero attached hydrogens (tertiary/aromatic N) is 1. The van der Waals surface area contributed by atoms with Gasteiger partial charge in [0.15, 0.2) is 0 Å². The highest BCUT2D eigenvalue weighted by Gasteiger charge is 2.41. The number of rotatable bonds is 3. The van der Waals surface area contributed by atoms with Crippen molar-refractivity contribution in [3.8, 4) is 0 Å². The number of nitrogens with one attached hydrogen (secondary N) is 1. The maximum atomic E-state index is 12.0. The molecule has 0 aliphatic carbocycles. The molecular formula is C13H16N2O3. The second-order valence-corrected chi connectivity index (χ2v) is 4.36. The molecular weight excluding hydrogens is 232 g/mol. The van der Waals surface area contributed by atoms with Crippen LogP contribution in [0.4, 0.5) is 10.5 Å². The number of aryl methyl sites for hydroxylation is 1. The van der Waals surface area contributed by atoms with E-state index in [9.17, 15) is 14.7 Å². The molecule has 2 atom stereocenters. The Labute approximate surface area is 105 Å². The molecule has 3 amide bonds. The Morgan fingerprint density at radius 2 is 1.94 bits per heavy atom. The first-order valence-electron chi connectivity index (χ1n) is 5.96. The molecule has 0 aromatic heterocycles. The van der Waals surface area contributed by atoms with Crippen LogP contribution in [-0.4, -0.2) is 29.2 Å². The van der Waals surface area contributed by atoms with Crippen molar-refractivity contribution in [1.29, 1.82) is 0 Å². The molecule has 96 valence electrons. The van der Waals surface area contributed by atoms with Crippen molar-refractivity contribution in [2.45, 2.75) is 32.4 Å². The molecule has 1 aliphatic heterocycles. The quantitative estimate of drug-likeness (QED) is 0.786. The lowest BCUT2D eigenvalue weighted by Crippen LogP contribution is -2.39. The summed E-state index contributed by atoms with van der Waals surface area (Å²) in [7, 11) is 0. The monoisotopic (exact) mass is 248 g/mol. The van der Waals surface area contributed by atoms with Crippen LogP contribution in [0.1, 0.15) is 19.4 Å². The van der Waals surface area contributed by atoms with E-state index in [0.717, 1.165) is 16.9 Å². The summed E-state index contributed by atoms with van der Waals surface area (Å²) in [4.78, 5) is 24.8. The zero-order chi connectivity index (χ0) is 13.3. The van der Waals surface area contributed by atoms with Gasteiger partial charge >= 0.3 is 6.03 Å². The first-order valence-corrected chi connectivity index (χ1v) is 5.96. The second kappa shape index (κ2) is 4.78. The smallest absolute Gasteiger partial charge is 0.329 e. The molecule has 2 unspecified atom stereocenters. The van der Waals surface area contributed by atoms with Crippen LogP contribution >= 0.6 is 0 Å². The third-order valence-electron chi connectivity index (χ3n) is 3.05. The lowest BCUT2D eigenvalue weighted by Gasteiger charge is -2.14. The van der Waals surface area contributed by atoms with Gasteiger partial charge in [0.2, 0.25) is 0 Å². The van der Waals surface area contributed by atoms with Gasteiger partial charge in [0, 0.05) is 0 Å². The molecule has 1 aromatic rings. The van der Waals surface area contributed by atoms with E-state index < -0.39 is 24.1 Å². The Hall–Kier alpha value is -1.88. The van der Waals surface area contributed by atoms with Gasteiger partial charge < -0.3 is 10.4 Å². The molecule has 1 fully saturated rings. The molecule has 1 saturated heterocycles. The third-order valence-corrected chi connectivity index (χ3v) is 3.05. The minimum atomic E-state index is -0.902. The van der Waals surface area contributed by atoms with Crippen LogP contribution in [0.15, 0.2) is 24.3 Å². The van der Waals surface area contributed by atoms with Crippen LogP contribution in [-0.2, 0) is 11.2 Å². The van der Waals surface area contributed by atoms with E-state index in [4.69, 9.17) is 0 Å². The van der Waals surface area contributed by atoms with Crippen LogP contribution in [0.5, 0.6) is 0 Å². The van der Waals surface area contributed by atoms with Gasteiger partial charge in [0.05, 0.1) is 11.8 Å². The number of imide groups is 1. The first kappa shape index (κ1) is 12.6.